The van der Waals surface area contributed by atoms with Gasteiger partial charge in [-0.15, -0.1) is 0 Å². The third kappa shape index (κ3) is 3.68. The van der Waals surface area contributed by atoms with Crippen LogP contribution in [0, 0.1) is 10.1 Å². The van der Waals surface area contributed by atoms with Gasteiger partial charge in [-0.3, -0.25) is 15.1 Å². The second-order valence-electron chi connectivity index (χ2n) is 4.21. The van der Waals surface area contributed by atoms with Gasteiger partial charge in [0.15, 0.2) is 0 Å². The largest absolute Gasteiger partial charge is 0.496 e. The van der Waals surface area contributed by atoms with E-state index in [0.717, 1.165) is 12.0 Å². The molecule has 20 heavy (non-hydrogen) atoms. The number of benzene rings is 1. The summed E-state index contributed by atoms with van der Waals surface area (Å²) in [5.41, 5.74) is 1.78. The lowest BCUT2D eigenvalue weighted by Crippen LogP contribution is -2.05. The molecule has 0 aliphatic heterocycles. The summed E-state index contributed by atoms with van der Waals surface area (Å²) in [5, 5.41) is 14.0. The van der Waals surface area contributed by atoms with Crippen LogP contribution in [0.5, 0.6) is 5.75 Å². The number of non-ortho nitro benzene ring substituents is 1. The number of ether oxygens (including phenoxy) is 1. The smallest absolute Gasteiger partial charge is 0.275 e. The minimum absolute atomic E-state index is 0.00762. The van der Waals surface area contributed by atoms with Crippen molar-refractivity contribution >= 4 is 11.4 Å². The fourth-order valence-electron chi connectivity index (χ4n) is 1.81. The highest BCUT2D eigenvalue weighted by Gasteiger charge is 2.09. The van der Waals surface area contributed by atoms with Crippen LogP contribution in [0.15, 0.2) is 42.7 Å². The van der Waals surface area contributed by atoms with E-state index in [2.05, 4.69) is 10.3 Å². The monoisotopic (exact) mass is 273 g/mol. The number of anilines is 1. The standard InChI is InChI=1S/C14H15N3O3/c1-20-14-8-12(7-13(9-14)17(18)19)16-6-4-11-3-2-5-15-10-11/h2-3,5,7-10,16H,4,6H2,1H3. The molecule has 0 fully saturated rings. The molecule has 104 valence electrons. The molecule has 0 amide bonds. The van der Waals surface area contributed by atoms with Crippen molar-refractivity contribution in [2.75, 3.05) is 19.0 Å². The molecule has 0 unspecified atom stereocenters. The number of nitro benzene ring substituents is 1. The molecule has 0 aliphatic rings. The quantitative estimate of drug-likeness (QED) is 0.646. The summed E-state index contributed by atoms with van der Waals surface area (Å²) >= 11 is 0. The SMILES string of the molecule is COc1cc(NCCc2cccnc2)cc([N+](=O)[O-])c1. The van der Waals surface area contributed by atoms with Gasteiger partial charge in [0.1, 0.15) is 5.75 Å². The fraction of sp³-hybridized carbons (Fsp3) is 0.214. The molecular weight excluding hydrogens is 258 g/mol. The number of hydrogen-bond donors (Lipinski definition) is 1. The maximum Gasteiger partial charge on any atom is 0.275 e. The number of rotatable bonds is 6. The number of pyridine rings is 1. The number of nitrogens with one attached hydrogen (secondary N) is 1. The molecule has 0 spiro atoms. The van der Waals surface area contributed by atoms with Gasteiger partial charge in [0.2, 0.25) is 0 Å². The van der Waals surface area contributed by atoms with Crippen molar-refractivity contribution in [1.82, 2.24) is 4.98 Å². The van der Waals surface area contributed by atoms with E-state index in [1.54, 1.807) is 18.5 Å². The summed E-state index contributed by atoms with van der Waals surface area (Å²) in [6.07, 6.45) is 4.32. The van der Waals surface area contributed by atoms with Crippen LogP contribution in [0.25, 0.3) is 0 Å². The van der Waals surface area contributed by atoms with Gasteiger partial charge in [-0.25, -0.2) is 0 Å². The van der Waals surface area contributed by atoms with E-state index in [9.17, 15) is 10.1 Å². The van der Waals surface area contributed by atoms with Crippen LogP contribution in [0.1, 0.15) is 5.56 Å². The van der Waals surface area contributed by atoms with Crippen LogP contribution < -0.4 is 10.1 Å². The first-order chi connectivity index (χ1) is 9.69. The molecule has 0 aliphatic carbocycles. The van der Waals surface area contributed by atoms with Crippen LogP contribution in [0.3, 0.4) is 0 Å². The van der Waals surface area contributed by atoms with Crippen molar-refractivity contribution < 1.29 is 9.66 Å². The van der Waals surface area contributed by atoms with E-state index in [1.165, 1.54) is 19.2 Å². The second-order valence-corrected chi connectivity index (χ2v) is 4.21. The average Bonchev–Trinajstić information content (AvgIpc) is 2.48. The maximum atomic E-state index is 10.8. The summed E-state index contributed by atoms with van der Waals surface area (Å²) < 4.78 is 5.06. The van der Waals surface area contributed by atoms with Gasteiger partial charge in [0, 0.05) is 36.8 Å². The third-order valence-electron chi connectivity index (χ3n) is 2.80. The molecule has 6 heteroatoms. The first-order valence-electron chi connectivity index (χ1n) is 6.15. The first kappa shape index (κ1) is 13.8. The van der Waals surface area contributed by atoms with Crippen LogP contribution in [0.4, 0.5) is 11.4 Å². The summed E-state index contributed by atoms with van der Waals surface area (Å²) in [7, 11) is 1.48. The van der Waals surface area contributed by atoms with Gasteiger partial charge < -0.3 is 10.1 Å². The van der Waals surface area contributed by atoms with Gasteiger partial charge in [-0.1, -0.05) is 6.07 Å². The molecule has 0 bridgehead atoms. The van der Waals surface area contributed by atoms with Crippen molar-refractivity contribution in [3.63, 3.8) is 0 Å². The minimum Gasteiger partial charge on any atom is -0.496 e. The molecular formula is C14H15N3O3. The number of nitrogens with zero attached hydrogens (tertiary/aromatic N) is 2. The lowest BCUT2D eigenvalue weighted by molar-refractivity contribution is -0.384. The lowest BCUT2D eigenvalue weighted by Gasteiger charge is -2.08. The van der Waals surface area contributed by atoms with Crippen LogP contribution >= 0.6 is 0 Å². The zero-order valence-corrected chi connectivity index (χ0v) is 11.1. The van der Waals surface area contributed by atoms with Crippen molar-refractivity contribution in [2.24, 2.45) is 0 Å². The molecule has 2 rings (SSSR count). The van der Waals surface area contributed by atoms with Gasteiger partial charge in [0.25, 0.3) is 5.69 Å². The van der Waals surface area contributed by atoms with Gasteiger partial charge in [-0.2, -0.15) is 0 Å². The zero-order valence-electron chi connectivity index (χ0n) is 11.1. The Balaban J connectivity index is 2.02. The molecule has 2 aromatic rings. The summed E-state index contributed by atoms with van der Waals surface area (Å²) in [6, 6.07) is 8.49. The molecule has 1 aromatic heterocycles. The Morgan fingerprint density at radius 1 is 1.40 bits per heavy atom. The van der Waals surface area contributed by atoms with Crippen LogP contribution in [-0.4, -0.2) is 23.6 Å². The Hall–Kier alpha value is -2.63. The number of aromatic nitrogens is 1. The summed E-state index contributed by atoms with van der Waals surface area (Å²) in [6.45, 7) is 0.663. The highest BCUT2D eigenvalue weighted by molar-refractivity contribution is 5.56. The van der Waals surface area contributed by atoms with E-state index < -0.39 is 4.92 Å². The third-order valence-corrected chi connectivity index (χ3v) is 2.80. The van der Waals surface area contributed by atoms with E-state index >= 15 is 0 Å². The van der Waals surface area contributed by atoms with E-state index in [0.29, 0.717) is 18.0 Å². The Morgan fingerprint density at radius 2 is 2.25 bits per heavy atom. The second kappa shape index (κ2) is 6.51. The topological polar surface area (TPSA) is 77.3 Å². The van der Waals surface area contributed by atoms with Crippen molar-refractivity contribution in [1.29, 1.82) is 0 Å². The Labute approximate surface area is 116 Å². The molecule has 0 atom stereocenters. The van der Waals surface area contributed by atoms with Gasteiger partial charge in [0.05, 0.1) is 18.1 Å². The van der Waals surface area contributed by atoms with Crippen LogP contribution in [0.2, 0.25) is 0 Å². The Morgan fingerprint density at radius 3 is 2.90 bits per heavy atom. The minimum atomic E-state index is -0.436. The van der Waals surface area contributed by atoms with E-state index in [4.69, 9.17) is 4.74 Å². The first-order valence-corrected chi connectivity index (χ1v) is 6.15. The van der Waals surface area contributed by atoms with E-state index in [1.807, 2.05) is 12.1 Å². The Bertz CT molecular complexity index is 587. The van der Waals surface area contributed by atoms with Crippen LogP contribution in [-0.2, 0) is 6.42 Å². The molecule has 0 radical (unpaired) electrons. The normalized spacial score (nSPS) is 10.1. The fourth-order valence-corrected chi connectivity index (χ4v) is 1.81. The molecule has 1 heterocycles. The summed E-state index contributed by atoms with van der Waals surface area (Å²) in [4.78, 5) is 14.4. The number of methoxy groups -OCH3 is 1. The Kier molecular flexibility index (Phi) is 4.49. The molecule has 6 nitrogen and oxygen atoms in total. The molecule has 0 saturated carbocycles. The maximum absolute atomic E-state index is 10.8. The predicted molar refractivity (Wildman–Crippen MR) is 76.1 cm³/mol. The van der Waals surface area contributed by atoms with E-state index in [-0.39, 0.29) is 5.69 Å². The zero-order chi connectivity index (χ0) is 14.4. The summed E-state index contributed by atoms with van der Waals surface area (Å²) in [5.74, 6) is 0.461. The van der Waals surface area contributed by atoms with Gasteiger partial charge in [-0.05, 0) is 18.1 Å². The van der Waals surface area contributed by atoms with Gasteiger partial charge >= 0.3 is 0 Å². The number of hydrogen-bond acceptors (Lipinski definition) is 5. The highest BCUT2D eigenvalue weighted by atomic mass is 16.6. The highest BCUT2D eigenvalue weighted by Crippen LogP contribution is 2.25. The molecule has 1 aromatic carbocycles. The molecule has 0 saturated heterocycles. The van der Waals surface area contributed by atoms with Crippen molar-refractivity contribution in [2.45, 2.75) is 6.42 Å². The van der Waals surface area contributed by atoms with Crippen molar-refractivity contribution in [3.05, 3.63) is 58.4 Å². The molecule has 1 N–H and O–H groups in total. The predicted octanol–water partition coefficient (Wildman–Crippen LogP) is 2.65. The average molecular weight is 273 g/mol. The number of nitro groups is 1. The lowest BCUT2D eigenvalue weighted by atomic mass is 10.2. The van der Waals surface area contributed by atoms with Crippen molar-refractivity contribution in [3.8, 4) is 5.75 Å².